The van der Waals surface area contributed by atoms with Gasteiger partial charge in [0.1, 0.15) is 5.60 Å². The van der Waals surface area contributed by atoms with E-state index in [2.05, 4.69) is 5.32 Å². The van der Waals surface area contributed by atoms with Crippen LogP contribution < -0.4 is 5.32 Å². The molecule has 0 aromatic rings. The molecule has 0 aliphatic carbocycles. The van der Waals surface area contributed by atoms with E-state index < -0.39 is 23.6 Å². The van der Waals surface area contributed by atoms with E-state index in [4.69, 9.17) is 14.2 Å². The molecule has 0 aromatic carbocycles. The molecule has 0 amide bonds. The van der Waals surface area contributed by atoms with Crippen molar-refractivity contribution in [2.45, 2.75) is 59.1 Å². The highest BCUT2D eigenvalue weighted by molar-refractivity contribution is 5.99. The molecule has 0 atom stereocenters. The maximum Gasteiger partial charge on any atom is 0.334 e. The van der Waals surface area contributed by atoms with Crippen molar-refractivity contribution in [2.75, 3.05) is 19.8 Å². The molecule has 0 fully saturated rings. The summed E-state index contributed by atoms with van der Waals surface area (Å²) in [5.41, 5.74) is -0.525. The first-order chi connectivity index (χ1) is 10.2. The Bertz CT molecular complexity index is 357. The predicted octanol–water partition coefficient (Wildman–Crippen LogP) is 1.19. The summed E-state index contributed by atoms with van der Waals surface area (Å²) in [6.45, 7) is 9.33. The lowest BCUT2D eigenvalue weighted by molar-refractivity contribution is -0.158. The molecule has 0 rings (SSSR count). The summed E-state index contributed by atoms with van der Waals surface area (Å²) in [5.74, 6) is -1.69. The molecule has 0 heterocycles. The van der Waals surface area contributed by atoms with Crippen LogP contribution in [-0.4, -0.2) is 49.3 Å². The Morgan fingerprint density at radius 3 is 1.91 bits per heavy atom. The lowest BCUT2D eigenvalue weighted by atomic mass is 10.2. The largest absolute Gasteiger partial charge is 0.464 e. The van der Waals surface area contributed by atoms with Gasteiger partial charge in [0.2, 0.25) is 6.04 Å². The van der Waals surface area contributed by atoms with E-state index in [-0.39, 0.29) is 25.6 Å². The van der Waals surface area contributed by atoms with E-state index >= 15 is 0 Å². The van der Waals surface area contributed by atoms with Gasteiger partial charge in [-0.2, -0.15) is 0 Å². The van der Waals surface area contributed by atoms with Crippen LogP contribution in [0, 0.1) is 0 Å². The molecule has 0 saturated carbocycles. The Morgan fingerprint density at radius 2 is 1.50 bits per heavy atom. The maximum atomic E-state index is 11.7. The van der Waals surface area contributed by atoms with Crippen LogP contribution in [0.15, 0.2) is 0 Å². The zero-order valence-electron chi connectivity index (χ0n) is 14.1. The molecule has 0 aliphatic rings. The normalized spacial score (nSPS) is 11.2. The van der Waals surface area contributed by atoms with E-state index in [0.29, 0.717) is 13.0 Å². The average Bonchev–Trinajstić information content (AvgIpc) is 2.36. The van der Waals surface area contributed by atoms with Gasteiger partial charge < -0.3 is 14.2 Å². The van der Waals surface area contributed by atoms with Gasteiger partial charge in [-0.05, 0) is 47.6 Å². The number of carbonyl (C=O) groups is 3. The van der Waals surface area contributed by atoms with Crippen molar-refractivity contribution in [1.29, 1.82) is 0 Å². The van der Waals surface area contributed by atoms with Crippen LogP contribution in [0.25, 0.3) is 0 Å². The van der Waals surface area contributed by atoms with Crippen molar-refractivity contribution < 1.29 is 28.6 Å². The Morgan fingerprint density at radius 1 is 1.00 bits per heavy atom. The quantitative estimate of drug-likeness (QED) is 0.295. The molecular formula is C15H27NO6. The summed E-state index contributed by atoms with van der Waals surface area (Å²) < 4.78 is 14.8. The van der Waals surface area contributed by atoms with Crippen molar-refractivity contribution in [1.82, 2.24) is 5.32 Å². The number of carbonyl (C=O) groups excluding carboxylic acids is 3. The van der Waals surface area contributed by atoms with Gasteiger partial charge in [0, 0.05) is 6.42 Å². The van der Waals surface area contributed by atoms with Crippen molar-refractivity contribution in [3.8, 4) is 0 Å². The number of rotatable bonds is 9. The fourth-order valence-electron chi connectivity index (χ4n) is 1.59. The first kappa shape index (κ1) is 20.4. The van der Waals surface area contributed by atoms with E-state index in [9.17, 15) is 14.4 Å². The molecule has 0 radical (unpaired) electrons. The van der Waals surface area contributed by atoms with Crippen molar-refractivity contribution in [3.63, 3.8) is 0 Å². The molecule has 1 N–H and O–H groups in total. The lowest BCUT2D eigenvalue weighted by Crippen LogP contribution is -2.46. The van der Waals surface area contributed by atoms with Gasteiger partial charge in [-0.25, -0.2) is 9.59 Å². The number of esters is 3. The molecule has 7 heteroatoms. The van der Waals surface area contributed by atoms with Crippen molar-refractivity contribution in [2.24, 2.45) is 0 Å². The van der Waals surface area contributed by atoms with Crippen LogP contribution in [0.1, 0.15) is 47.5 Å². The molecule has 0 bridgehead atoms. The average molecular weight is 317 g/mol. The number of hydrogen-bond acceptors (Lipinski definition) is 7. The van der Waals surface area contributed by atoms with Crippen molar-refractivity contribution in [3.05, 3.63) is 0 Å². The fourth-order valence-corrected chi connectivity index (χ4v) is 1.59. The predicted molar refractivity (Wildman–Crippen MR) is 80.1 cm³/mol. The summed E-state index contributed by atoms with van der Waals surface area (Å²) in [4.78, 5) is 34.9. The topological polar surface area (TPSA) is 90.9 Å². The van der Waals surface area contributed by atoms with Crippen LogP contribution in [0.4, 0.5) is 0 Å². The van der Waals surface area contributed by atoms with Gasteiger partial charge in [0.15, 0.2) is 0 Å². The summed E-state index contributed by atoms with van der Waals surface area (Å²) in [6.07, 6.45) is 0.632. The molecule has 22 heavy (non-hydrogen) atoms. The zero-order valence-corrected chi connectivity index (χ0v) is 14.1. The minimum absolute atomic E-state index is 0.175. The molecule has 0 aromatic heterocycles. The number of hydrogen-bond donors (Lipinski definition) is 1. The van der Waals surface area contributed by atoms with Gasteiger partial charge in [-0.1, -0.05) is 0 Å². The lowest BCUT2D eigenvalue weighted by Gasteiger charge is -2.19. The first-order valence-electron chi connectivity index (χ1n) is 7.49. The highest BCUT2D eigenvalue weighted by Crippen LogP contribution is 2.08. The third-order valence-electron chi connectivity index (χ3n) is 2.37. The van der Waals surface area contributed by atoms with Crippen LogP contribution >= 0.6 is 0 Å². The third kappa shape index (κ3) is 9.33. The minimum atomic E-state index is -1.17. The molecular weight excluding hydrogens is 290 g/mol. The Balaban J connectivity index is 4.26. The summed E-state index contributed by atoms with van der Waals surface area (Å²) in [6, 6.07) is -1.17. The van der Waals surface area contributed by atoms with Crippen molar-refractivity contribution >= 4 is 17.9 Å². The highest BCUT2D eigenvalue weighted by Gasteiger charge is 2.28. The molecule has 0 spiro atoms. The van der Waals surface area contributed by atoms with Gasteiger partial charge >= 0.3 is 17.9 Å². The van der Waals surface area contributed by atoms with E-state index in [1.165, 1.54) is 0 Å². The second-order valence-corrected chi connectivity index (χ2v) is 5.58. The van der Waals surface area contributed by atoms with Gasteiger partial charge in [0.25, 0.3) is 0 Å². The monoisotopic (exact) mass is 317 g/mol. The van der Waals surface area contributed by atoms with E-state index in [1.54, 1.807) is 34.6 Å². The molecule has 7 nitrogen and oxygen atoms in total. The van der Waals surface area contributed by atoms with Crippen LogP contribution in [0.2, 0.25) is 0 Å². The van der Waals surface area contributed by atoms with Crippen LogP contribution in [0.3, 0.4) is 0 Å². The summed E-state index contributed by atoms with van der Waals surface area (Å²) >= 11 is 0. The molecule has 0 saturated heterocycles. The second kappa shape index (κ2) is 10.2. The van der Waals surface area contributed by atoms with Crippen LogP contribution in [-0.2, 0) is 28.6 Å². The zero-order chi connectivity index (χ0) is 17.2. The van der Waals surface area contributed by atoms with E-state index in [0.717, 1.165) is 0 Å². The summed E-state index contributed by atoms with van der Waals surface area (Å²) in [7, 11) is 0. The Kier molecular flexibility index (Phi) is 9.40. The van der Waals surface area contributed by atoms with Gasteiger partial charge in [0.05, 0.1) is 13.2 Å². The third-order valence-corrected chi connectivity index (χ3v) is 2.37. The molecule has 0 aliphatic heterocycles. The smallest absolute Gasteiger partial charge is 0.334 e. The van der Waals surface area contributed by atoms with Crippen LogP contribution in [0.5, 0.6) is 0 Å². The Labute approximate surface area is 131 Å². The Hall–Kier alpha value is -1.63. The van der Waals surface area contributed by atoms with Gasteiger partial charge in [-0.15, -0.1) is 0 Å². The summed E-state index contributed by atoms with van der Waals surface area (Å²) in [5, 5.41) is 2.75. The SMILES string of the molecule is CCOC(=O)C(NCCCC(=O)OC(C)(C)C)C(=O)OCC. The van der Waals surface area contributed by atoms with E-state index in [1.807, 2.05) is 0 Å². The maximum absolute atomic E-state index is 11.7. The first-order valence-corrected chi connectivity index (χ1v) is 7.49. The number of ether oxygens (including phenoxy) is 3. The fraction of sp³-hybridized carbons (Fsp3) is 0.800. The second-order valence-electron chi connectivity index (χ2n) is 5.58. The standard InChI is InChI=1S/C15H27NO6/c1-6-20-13(18)12(14(19)21-7-2)16-10-8-9-11(17)22-15(3,4)5/h12,16H,6-10H2,1-5H3. The number of nitrogens with one attached hydrogen (secondary N) is 1. The molecule has 128 valence electrons. The minimum Gasteiger partial charge on any atom is -0.464 e. The van der Waals surface area contributed by atoms with Gasteiger partial charge in [-0.3, -0.25) is 10.1 Å². The highest BCUT2D eigenvalue weighted by atomic mass is 16.6. The molecule has 0 unspecified atom stereocenters.